The number of rotatable bonds is 2. The van der Waals surface area contributed by atoms with Crippen molar-refractivity contribution >= 4 is 86.2 Å². The molecule has 0 spiro atoms. The molecular weight excluding hydrogens is 547 g/mol. The Morgan fingerprint density at radius 1 is 0.535 bits per heavy atom. The van der Waals surface area contributed by atoms with Crippen LogP contribution in [0.4, 0.5) is 0 Å². The summed E-state index contributed by atoms with van der Waals surface area (Å²) in [6, 6.07) is 44.8. The normalized spacial score (nSPS) is 12.2. The summed E-state index contributed by atoms with van der Waals surface area (Å²) in [6.07, 6.45) is 0. The standard InChI is InChI=1S/C38H21N3OS/c1-2-10-23-21-31-28(19-22(23)9-1)25-11-3-6-14-30(25)41(31)38-39-35(37-36(40-38)27-13-5-8-16-34(27)43-37)24-17-18-33-29(20-24)26-12-4-7-15-32(26)42-33/h1-21H. The van der Waals surface area contributed by atoms with E-state index in [-0.39, 0.29) is 0 Å². The van der Waals surface area contributed by atoms with Crippen LogP contribution in [0.15, 0.2) is 132 Å². The highest BCUT2D eigenvalue weighted by molar-refractivity contribution is 7.26. The zero-order valence-corrected chi connectivity index (χ0v) is 23.6. The summed E-state index contributed by atoms with van der Waals surface area (Å²) in [5.41, 5.74) is 6.91. The molecule has 0 aliphatic heterocycles. The van der Waals surface area contributed by atoms with E-state index >= 15 is 0 Å². The Morgan fingerprint density at radius 2 is 1.26 bits per heavy atom. The second-order valence-corrected chi connectivity index (χ2v) is 12.1. The molecule has 0 radical (unpaired) electrons. The maximum Gasteiger partial charge on any atom is 0.235 e. The summed E-state index contributed by atoms with van der Waals surface area (Å²) in [4.78, 5) is 10.7. The summed E-state index contributed by atoms with van der Waals surface area (Å²) in [7, 11) is 0. The number of fused-ring (bicyclic) bond motifs is 10. The van der Waals surface area contributed by atoms with Gasteiger partial charge in [-0.2, -0.15) is 0 Å². The van der Waals surface area contributed by atoms with Crippen LogP contribution in [-0.2, 0) is 0 Å². The SMILES string of the molecule is c1ccc2cc3c(cc2c1)c1ccccc1n3-c1nc(-c2ccc3oc4ccccc4c3c2)c2sc3ccccc3c2n1. The van der Waals surface area contributed by atoms with Gasteiger partial charge in [-0.25, -0.2) is 9.97 Å². The van der Waals surface area contributed by atoms with Gasteiger partial charge in [0.15, 0.2) is 0 Å². The van der Waals surface area contributed by atoms with Crippen molar-refractivity contribution in [2.75, 3.05) is 0 Å². The maximum absolute atomic E-state index is 6.16. The zero-order valence-electron chi connectivity index (χ0n) is 22.8. The molecule has 0 atom stereocenters. The molecule has 0 N–H and O–H groups in total. The number of aromatic nitrogens is 3. The molecule has 10 rings (SSSR count). The predicted molar refractivity (Wildman–Crippen MR) is 179 cm³/mol. The van der Waals surface area contributed by atoms with E-state index in [0.29, 0.717) is 5.95 Å². The van der Waals surface area contributed by atoms with Crippen LogP contribution in [0.5, 0.6) is 0 Å². The van der Waals surface area contributed by atoms with E-state index in [1.807, 2.05) is 12.1 Å². The second kappa shape index (κ2) is 8.51. The summed E-state index contributed by atoms with van der Waals surface area (Å²) >= 11 is 1.75. The molecule has 0 bridgehead atoms. The first-order valence-corrected chi connectivity index (χ1v) is 15.2. The average Bonchev–Trinajstić information content (AvgIpc) is 3.72. The minimum Gasteiger partial charge on any atom is -0.456 e. The van der Waals surface area contributed by atoms with E-state index in [2.05, 4.69) is 120 Å². The first kappa shape index (κ1) is 23.1. The maximum atomic E-state index is 6.16. The van der Waals surface area contributed by atoms with Crippen LogP contribution in [0, 0.1) is 0 Å². The quantitative estimate of drug-likeness (QED) is 0.209. The van der Waals surface area contributed by atoms with E-state index in [0.717, 1.165) is 59.8 Å². The fourth-order valence-electron chi connectivity index (χ4n) is 6.62. The van der Waals surface area contributed by atoms with Crippen LogP contribution >= 0.6 is 11.3 Å². The lowest BCUT2D eigenvalue weighted by atomic mass is 10.1. The second-order valence-electron chi connectivity index (χ2n) is 11.0. The molecule has 0 fully saturated rings. The van der Waals surface area contributed by atoms with Crippen molar-refractivity contribution in [2.24, 2.45) is 0 Å². The van der Waals surface area contributed by atoms with Crippen molar-refractivity contribution in [3.05, 3.63) is 127 Å². The van der Waals surface area contributed by atoms with Crippen LogP contribution in [0.25, 0.3) is 92.0 Å². The van der Waals surface area contributed by atoms with Gasteiger partial charge in [-0.05, 0) is 59.3 Å². The van der Waals surface area contributed by atoms with Gasteiger partial charge in [-0.1, -0.05) is 78.9 Å². The third-order valence-corrected chi connectivity index (χ3v) is 9.76. The van der Waals surface area contributed by atoms with Crippen molar-refractivity contribution in [3.8, 4) is 17.2 Å². The molecule has 6 aromatic carbocycles. The molecule has 4 heterocycles. The summed E-state index contributed by atoms with van der Waals surface area (Å²) in [5, 5.41) is 8.14. The Balaban J connectivity index is 1.34. The molecule has 200 valence electrons. The van der Waals surface area contributed by atoms with Crippen molar-refractivity contribution < 1.29 is 4.42 Å². The van der Waals surface area contributed by atoms with E-state index in [4.69, 9.17) is 14.4 Å². The average molecular weight is 568 g/mol. The largest absolute Gasteiger partial charge is 0.456 e. The molecule has 0 saturated heterocycles. The summed E-state index contributed by atoms with van der Waals surface area (Å²) in [6.45, 7) is 0. The van der Waals surface area contributed by atoms with Gasteiger partial charge in [0.2, 0.25) is 5.95 Å². The Morgan fingerprint density at radius 3 is 2.16 bits per heavy atom. The van der Waals surface area contributed by atoms with Crippen LogP contribution in [0.1, 0.15) is 0 Å². The van der Waals surface area contributed by atoms with Gasteiger partial charge >= 0.3 is 0 Å². The first-order valence-electron chi connectivity index (χ1n) is 14.3. The van der Waals surface area contributed by atoms with Gasteiger partial charge in [0.1, 0.15) is 11.2 Å². The van der Waals surface area contributed by atoms with Crippen LogP contribution < -0.4 is 0 Å². The Bertz CT molecular complexity index is 2750. The minimum atomic E-state index is 0.671. The molecule has 0 aliphatic rings. The number of thiophene rings is 1. The lowest BCUT2D eigenvalue weighted by molar-refractivity contribution is 0.669. The molecule has 5 heteroatoms. The number of hydrogen-bond donors (Lipinski definition) is 0. The summed E-state index contributed by atoms with van der Waals surface area (Å²) < 4.78 is 10.7. The lowest BCUT2D eigenvalue weighted by Gasteiger charge is -2.10. The van der Waals surface area contributed by atoms with Gasteiger partial charge in [0.05, 0.1) is 26.9 Å². The molecular formula is C38H21N3OS. The topological polar surface area (TPSA) is 43.9 Å². The molecule has 0 saturated carbocycles. The molecule has 0 aliphatic carbocycles. The van der Waals surface area contributed by atoms with Crippen molar-refractivity contribution in [1.29, 1.82) is 0 Å². The van der Waals surface area contributed by atoms with Gasteiger partial charge in [-0.3, -0.25) is 4.57 Å². The molecule has 43 heavy (non-hydrogen) atoms. The van der Waals surface area contributed by atoms with Crippen molar-refractivity contribution in [3.63, 3.8) is 0 Å². The predicted octanol–water partition coefficient (Wildman–Crippen LogP) is 10.7. The van der Waals surface area contributed by atoms with Gasteiger partial charge in [-0.15, -0.1) is 11.3 Å². The molecule has 4 nitrogen and oxygen atoms in total. The number of benzene rings is 6. The lowest BCUT2D eigenvalue weighted by Crippen LogP contribution is -2.02. The summed E-state index contributed by atoms with van der Waals surface area (Å²) in [5.74, 6) is 0.671. The first-order chi connectivity index (χ1) is 21.3. The zero-order chi connectivity index (χ0) is 28.1. The van der Waals surface area contributed by atoms with Crippen LogP contribution in [0.3, 0.4) is 0 Å². The van der Waals surface area contributed by atoms with Gasteiger partial charge in [0.25, 0.3) is 0 Å². The van der Waals surface area contributed by atoms with Gasteiger partial charge in [0, 0.05) is 37.2 Å². The van der Waals surface area contributed by atoms with Crippen molar-refractivity contribution in [2.45, 2.75) is 0 Å². The van der Waals surface area contributed by atoms with Crippen LogP contribution in [-0.4, -0.2) is 14.5 Å². The van der Waals surface area contributed by atoms with E-state index in [9.17, 15) is 0 Å². The van der Waals surface area contributed by atoms with Gasteiger partial charge < -0.3 is 4.42 Å². The number of furan rings is 1. The number of para-hydroxylation sites is 2. The van der Waals surface area contributed by atoms with Crippen molar-refractivity contribution in [1.82, 2.24) is 14.5 Å². The minimum absolute atomic E-state index is 0.671. The number of hydrogen-bond acceptors (Lipinski definition) is 4. The Hall–Kier alpha value is -5.52. The molecule has 4 aromatic heterocycles. The highest BCUT2D eigenvalue weighted by atomic mass is 32.1. The highest BCUT2D eigenvalue weighted by Gasteiger charge is 2.21. The third kappa shape index (κ3) is 3.25. The Kier molecular flexibility index (Phi) is 4.57. The fraction of sp³-hybridized carbons (Fsp3) is 0. The monoisotopic (exact) mass is 567 g/mol. The molecule has 0 unspecified atom stereocenters. The van der Waals surface area contributed by atoms with E-state index < -0.39 is 0 Å². The smallest absolute Gasteiger partial charge is 0.235 e. The Labute approximate surface area is 249 Å². The molecule has 10 aromatic rings. The highest BCUT2D eigenvalue weighted by Crippen LogP contribution is 2.41. The third-order valence-electron chi connectivity index (χ3n) is 8.60. The number of nitrogens with zero attached hydrogens (tertiary/aromatic N) is 3. The van der Waals surface area contributed by atoms with Crippen LogP contribution in [0.2, 0.25) is 0 Å². The van der Waals surface area contributed by atoms with E-state index in [1.54, 1.807) is 11.3 Å². The van der Waals surface area contributed by atoms with E-state index in [1.165, 1.54) is 26.2 Å². The molecule has 0 amide bonds. The fourth-order valence-corrected chi connectivity index (χ4v) is 7.77.